The molecular weight excluding hydrogens is 204 g/mol. The lowest BCUT2D eigenvalue weighted by Gasteiger charge is -2.21. The maximum absolute atomic E-state index is 12.2. The standard InChI is InChI=1S/C12H20N2O2/c1-8-6-12(8,3)11(16)14-5-4-10(7-14)13-9(2)15/h8,10H,4-7H2,1-3H3,(H,13,15). The number of amides is 2. The Morgan fingerprint density at radius 1 is 1.44 bits per heavy atom. The fraction of sp³-hybridized carbons (Fsp3) is 0.833. The predicted octanol–water partition coefficient (Wildman–Crippen LogP) is 0.769. The van der Waals surface area contributed by atoms with E-state index in [1.807, 2.05) is 11.8 Å². The Morgan fingerprint density at radius 3 is 2.56 bits per heavy atom. The molecule has 4 nitrogen and oxygen atoms in total. The smallest absolute Gasteiger partial charge is 0.228 e. The number of rotatable bonds is 2. The molecule has 0 spiro atoms. The fourth-order valence-corrected chi connectivity index (χ4v) is 2.59. The van der Waals surface area contributed by atoms with Crippen molar-refractivity contribution in [2.75, 3.05) is 13.1 Å². The molecule has 4 heteroatoms. The first-order valence-corrected chi connectivity index (χ1v) is 6.00. The molecule has 1 N–H and O–H groups in total. The van der Waals surface area contributed by atoms with Crippen LogP contribution in [0.4, 0.5) is 0 Å². The molecule has 3 atom stereocenters. The van der Waals surface area contributed by atoms with Gasteiger partial charge in [0.15, 0.2) is 0 Å². The molecular formula is C12H20N2O2. The number of carbonyl (C=O) groups excluding carboxylic acids is 2. The van der Waals surface area contributed by atoms with Gasteiger partial charge in [0.05, 0.1) is 0 Å². The van der Waals surface area contributed by atoms with Gasteiger partial charge in [0.1, 0.15) is 0 Å². The second-order valence-electron chi connectivity index (χ2n) is 5.46. The van der Waals surface area contributed by atoms with Crippen LogP contribution in [-0.2, 0) is 9.59 Å². The van der Waals surface area contributed by atoms with Crippen molar-refractivity contribution in [3.63, 3.8) is 0 Å². The zero-order chi connectivity index (χ0) is 11.9. The number of hydrogen-bond acceptors (Lipinski definition) is 2. The lowest BCUT2D eigenvalue weighted by Crippen LogP contribution is -2.39. The fourth-order valence-electron chi connectivity index (χ4n) is 2.59. The van der Waals surface area contributed by atoms with Crippen LogP contribution in [0.15, 0.2) is 0 Å². The molecule has 0 aromatic heterocycles. The minimum atomic E-state index is -0.120. The topological polar surface area (TPSA) is 49.4 Å². The van der Waals surface area contributed by atoms with Gasteiger partial charge in [-0.25, -0.2) is 0 Å². The van der Waals surface area contributed by atoms with Crippen molar-refractivity contribution in [2.24, 2.45) is 11.3 Å². The Labute approximate surface area is 96.4 Å². The van der Waals surface area contributed by atoms with Gasteiger partial charge in [-0.3, -0.25) is 9.59 Å². The number of hydrogen-bond donors (Lipinski definition) is 1. The third kappa shape index (κ3) is 1.93. The van der Waals surface area contributed by atoms with Crippen LogP contribution < -0.4 is 5.32 Å². The third-order valence-electron chi connectivity index (χ3n) is 4.03. The SMILES string of the molecule is CC(=O)NC1CCN(C(=O)C2(C)CC2C)C1. The molecule has 0 aromatic carbocycles. The molecule has 16 heavy (non-hydrogen) atoms. The Kier molecular flexibility index (Phi) is 2.68. The molecule has 1 saturated carbocycles. The summed E-state index contributed by atoms with van der Waals surface area (Å²) < 4.78 is 0. The van der Waals surface area contributed by atoms with Crippen molar-refractivity contribution in [3.05, 3.63) is 0 Å². The van der Waals surface area contributed by atoms with Crippen molar-refractivity contribution in [3.8, 4) is 0 Å². The van der Waals surface area contributed by atoms with Crippen LogP contribution in [0.3, 0.4) is 0 Å². The average Bonchev–Trinajstić information content (AvgIpc) is 2.64. The quantitative estimate of drug-likeness (QED) is 0.753. The Bertz CT molecular complexity index is 329. The lowest BCUT2D eigenvalue weighted by atomic mass is 10.1. The van der Waals surface area contributed by atoms with E-state index in [4.69, 9.17) is 0 Å². The van der Waals surface area contributed by atoms with E-state index in [1.54, 1.807) is 0 Å². The maximum Gasteiger partial charge on any atom is 0.228 e. The second-order valence-corrected chi connectivity index (χ2v) is 5.46. The van der Waals surface area contributed by atoms with Crippen LogP contribution in [0.5, 0.6) is 0 Å². The molecule has 0 bridgehead atoms. The summed E-state index contributed by atoms with van der Waals surface area (Å²) in [5.41, 5.74) is -0.120. The van der Waals surface area contributed by atoms with Crippen molar-refractivity contribution in [1.29, 1.82) is 0 Å². The summed E-state index contributed by atoms with van der Waals surface area (Å²) in [6.45, 7) is 7.16. The molecule has 2 fully saturated rings. The molecule has 2 amide bonds. The van der Waals surface area contributed by atoms with E-state index in [1.165, 1.54) is 6.92 Å². The van der Waals surface area contributed by atoms with Crippen LogP contribution in [0.25, 0.3) is 0 Å². The van der Waals surface area contributed by atoms with Gasteiger partial charge in [-0.1, -0.05) is 13.8 Å². The van der Waals surface area contributed by atoms with Crippen LogP contribution in [0.2, 0.25) is 0 Å². The molecule has 2 rings (SSSR count). The summed E-state index contributed by atoms with van der Waals surface area (Å²) in [7, 11) is 0. The van der Waals surface area contributed by atoms with Crippen LogP contribution >= 0.6 is 0 Å². The summed E-state index contributed by atoms with van der Waals surface area (Å²) in [5, 5.41) is 2.88. The van der Waals surface area contributed by atoms with E-state index >= 15 is 0 Å². The van der Waals surface area contributed by atoms with Crippen LogP contribution in [0, 0.1) is 11.3 Å². The summed E-state index contributed by atoms with van der Waals surface area (Å²) in [4.78, 5) is 25.0. The monoisotopic (exact) mass is 224 g/mol. The van der Waals surface area contributed by atoms with Gasteiger partial charge >= 0.3 is 0 Å². The molecule has 1 heterocycles. The van der Waals surface area contributed by atoms with Crippen molar-refractivity contribution >= 4 is 11.8 Å². The Morgan fingerprint density at radius 2 is 2.06 bits per heavy atom. The molecule has 3 unspecified atom stereocenters. The Hall–Kier alpha value is -1.06. The van der Waals surface area contributed by atoms with Crippen molar-refractivity contribution < 1.29 is 9.59 Å². The molecule has 1 aliphatic heterocycles. The number of carbonyl (C=O) groups is 2. The van der Waals surface area contributed by atoms with Crippen molar-refractivity contribution in [2.45, 2.75) is 39.7 Å². The minimum absolute atomic E-state index is 0.00898. The first kappa shape index (κ1) is 11.4. The highest BCUT2D eigenvalue weighted by Crippen LogP contribution is 2.53. The number of nitrogens with one attached hydrogen (secondary N) is 1. The van der Waals surface area contributed by atoms with E-state index in [9.17, 15) is 9.59 Å². The maximum atomic E-state index is 12.2. The zero-order valence-electron chi connectivity index (χ0n) is 10.2. The minimum Gasteiger partial charge on any atom is -0.352 e. The van der Waals surface area contributed by atoms with Crippen LogP contribution in [0.1, 0.15) is 33.6 Å². The van der Waals surface area contributed by atoms with E-state index < -0.39 is 0 Å². The van der Waals surface area contributed by atoms with Gasteiger partial charge in [-0.05, 0) is 18.8 Å². The third-order valence-corrected chi connectivity index (χ3v) is 4.03. The highest BCUT2D eigenvalue weighted by molar-refractivity contribution is 5.86. The van der Waals surface area contributed by atoms with Gasteiger partial charge in [-0.15, -0.1) is 0 Å². The van der Waals surface area contributed by atoms with Gasteiger partial charge in [-0.2, -0.15) is 0 Å². The van der Waals surface area contributed by atoms with Gasteiger partial charge in [0, 0.05) is 31.5 Å². The molecule has 2 aliphatic rings. The number of likely N-dealkylation sites (tertiary alicyclic amines) is 1. The van der Waals surface area contributed by atoms with E-state index in [0.717, 1.165) is 19.4 Å². The summed E-state index contributed by atoms with van der Waals surface area (Å²) >= 11 is 0. The average molecular weight is 224 g/mol. The Balaban J connectivity index is 1.89. The van der Waals surface area contributed by atoms with E-state index in [-0.39, 0.29) is 23.3 Å². The van der Waals surface area contributed by atoms with E-state index in [2.05, 4.69) is 12.2 Å². The summed E-state index contributed by atoms with van der Waals surface area (Å²) in [5.74, 6) is 0.776. The second kappa shape index (κ2) is 3.75. The normalized spacial score (nSPS) is 37.3. The molecule has 0 aromatic rings. The first-order chi connectivity index (χ1) is 7.43. The van der Waals surface area contributed by atoms with Gasteiger partial charge in [0.25, 0.3) is 0 Å². The molecule has 1 aliphatic carbocycles. The van der Waals surface area contributed by atoms with Gasteiger partial charge < -0.3 is 10.2 Å². The molecule has 1 saturated heterocycles. The number of nitrogens with zero attached hydrogens (tertiary/aromatic N) is 1. The molecule has 90 valence electrons. The zero-order valence-corrected chi connectivity index (χ0v) is 10.2. The largest absolute Gasteiger partial charge is 0.352 e. The van der Waals surface area contributed by atoms with Gasteiger partial charge in [0.2, 0.25) is 11.8 Å². The van der Waals surface area contributed by atoms with E-state index in [0.29, 0.717) is 12.5 Å². The van der Waals surface area contributed by atoms with Crippen molar-refractivity contribution in [1.82, 2.24) is 10.2 Å². The molecule has 0 radical (unpaired) electrons. The van der Waals surface area contributed by atoms with Crippen LogP contribution in [-0.4, -0.2) is 35.8 Å². The lowest BCUT2D eigenvalue weighted by molar-refractivity contribution is -0.136. The highest BCUT2D eigenvalue weighted by Gasteiger charge is 2.55. The highest BCUT2D eigenvalue weighted by atomic mass is 16.2. The summed E-state index contributed by atoms with van der Waals surface area (Å²) in [6.07, 6.45) is 1.89. The predicted molar refractivity (Wildman–Crippen MR) is 60.7 cm³/mol. The summed E-state index contributed by atoms with van der Waals surface area (Å²) in [6, 6.07) is 0.152. The first-order valence-electron chi connectivity index (χ1n) is 6.00.